The maximum Gasteiger partial charge on any atom is 0.162 e. The van der Waals surface area contributed by atoms with Crippen molar-refractivity contribution in [2.24, 2.45) is 0 Å². The first-order valence-electron chi connectivity index (χ1n) is 6.52. The van der Waals surface area contributed by atoms with E-state index in [0.717, 1.165) is 21.9 Å². The van der Waals surface area contributed by atoms with Gasteiger partial charge in [-0.2, -0.15) is 0 Å². The zero-order valence-corrected chi connectivity index (χ0v) is 14.5. The molecule has 0 spiro atoms. The molecule has 0 aliphatic rings. The third-order valence-electron chi connectivity index (χ3n) is 3.04. The molecular formula is C16H14Br2F2O. The first-order chi connectivity index (χ1) is 10.0. The SMILES string of the molecule is CCOc1ccc(Br)cc1C(Br)Cc1cccc(F)c1F. The van der Waals surface area contributed by atoms with Crippen molar-refractivity contribution in [1.29, 1.82) is 0 Å². The van der Waals surface area contributed by atoms with E-state index in [2.05, 4.69) is 31.9 Å². The molecule has 0 amide bonds. The van der Waals surface area contributed by atoms with E-state index in [9.17, 15) is 8.78 Å². The van der Waals surface area contributed by atoms with E-state index in [1.807, 2.05) is 25.1 Å². The van der Waals surface area contributed by atoms with Crippen molar-refractivity contribution in [2.45, 2.75) is 18.2 Å². The highest BCUT2D eigenvalue weighted by Gasteiger charge is 2.17. The third-order valence-corrected chi connectivity index (χ3v) is 4.35. The molecule has 0 N–H and O–H groups in total. The van der Waals surface area contributed by atoms with Crippen molar-refractivity contribution in [3.63, 3.8) is 0 Å². The molecule has 112 valence electrons. The summed E-state index contributed by atoms with van der Waals surface area (Å²) >= 11 is 6.96. The van der Waals surface area contributed by atoms with E-state index in [1.54, 1.807) is 6.07 Å². The van der Waals surface area contributed by atoms with Gasteiger partial charge in [0.25, 0.3) is 0 Å². The van der Waals surface area contributed by atoms with E-state index in [1.165, 1.54) is 6.07 Å². The van der Waals surface area contributed by atoms with Crippen LogP contribution in [-0.2, 0) is 6.42 Å². The molecule has 2 rings (SSSR count). The average molecular weight is 420 g/mol. The Kier molecular flexibility index (Phi) is 5.76. The van der Waals surface area contributed by atoms with Crippen LogP contribution in [0.2, 0.25) is 0 Å². The number of alkyl halides is 1. The minimum Gasteiger partial charge on any atom is -0.494 e. The highest BCUT2D eigenvalue weighted by atomic mass is 79.9. The smallest absolute Gasteiger partial charge is 0.162 e. The van der Waals surface area contributed by atoms with E-state index >= 15 is 0 Å². The van der Waals surface area contributed by atoms with Crippen molar-refractivity contribution in [2.75, 3.05) is 6.61 Å². The van der Waals surface area contributed by atoms with Crippen molar-refractivity contribution in [3.05, 3.63) is 63.6 Å². The largest absolute Gasteiger partial charge is 0.494 e. The minimum absolute atomic E-state index is 0.173. The van der Waals surface area contributed by atoms with Crippen LogP contribution < -0.4 is 4.74 Å². The Balaban J connectivity index is 2.29. The molecule has 0 saturated heterocycles. The topological polar surface area (TPSA) is 9.23 Å². The zero-order chi connectivity index (χ0) is 15.4. The summed E-state index contributed by atoms with van der Waals surface area (Å²) < 4.78 is 33.5. The fraction of sp³-hybridized carbons (Fsp3) is 0.250. The molecule has 0 fully saturated rings. The Labute approximate surface area is 139 Å². The molecule has 0 saturated carbocycles. The van der Waals surface area contributed by atoms with Gasteiger partial charge in [0.1, 0.15) is 5.75 Å². The Hall–Kier alpha value is -0.940. The quantitative estimate of drug-likeness (QED) is 0.556. The predicted octanol–water partition coefficient (Wildman–Crippen LogP) is 5.80. The lowest BCUT2D eigenvalue weighted by atomic mass is 10.0. The van der Waals surface area contributed by atoms with Crippen LogP contribution in [0.3, 0.4) is 0 Å². The molecular weight excluding hydrogens is 406 g/mol. The number of rotatable bonds is 5. The fourth-order valence-corrected chi connectivity index (χ4v) is 3.15. The van der Waals surface area contributed by atoms with Crippen LogP contribution in [0.25, 0.3) is 0 Å². The molecule has 21 heavy (non-hydrogen) atoms. The van der Waals surface area contributed by atoms with E-state index in [-0.39, 0.29) is 4.83 Å². The Bertz CT molecular complexity index is 632. The highest BCUT2D eigenvalue weighted by molar-refractivity contribution is 9.10. The zero-order valence-electron chi connectivity index (χ0n) is 11.4. The van der Waals surface area contributed by atoms with Gasteiger partial charge in [0.15, 0.2) is 11.6 Å². The lowest BCUT2D eigenvalue weighted by molar-refractivity contribution is 0.336. The van der Waals surface area contributed by atoms with Crippen molar-refractivity contribution >= 4 is 31.9 Å². The van der Waals surface area contributed by atoms with E-state index < -0.39 is 11.6 Å². The van der Waals surface area contributed by atoms with Crippen molar-refractivity contribution in [1.82, 2.24) is 0 Å². The molecule has 0 bridgehead atoms. The molecule has 0 heterocycles. The number of hydrogen-bond acceptors (Lipinski definition) is 1. The van der Waals surface area contributed by atoms with Gasteiger partial charge in [0.2, 0.25) is 0 Å². The molecule has 0 radical (unpaired) electrons. The number of benzene rings is 2. The summed E-state index contributed by atoms with van der Waals surface area (Å²) in [5.74, 6) is -0.888. The standard InChI is InChI=1S/C16H14Br2F2O/c1-2-21-15-7-6-11(17)9-12(15)13(18)8-10-4-3-5-14(19)16(10)20/h3-7,9,13H,2,8H2,1H3. The molecule has 0 aromatic heterocycles. The lowest BCUT2D eigenvalue weighted by Gasteiger charge is -2.16. The molecule has 1 atom stereocenters. The van der Waals surface area contributed by atoms with Gasteiger partial charge in [-0.1, -0.05) is 44.0 Å². The normalized spacial score (nSPS) is 12.2. The number of halogens is 4. The third kappa shape index (κ3) is 4.04. The summed E-state index contributed by atoms with van der Waals surface area (Å²) in [5.41, 5.74) is 1.23. The summed E-state index contributed by atoms with van der Waals surface area (Å²) in [5, 5.41) is 0. The van der Waals surface area contributed by atoms with Gasteiger partial charge < -0.3 is 4.74 Å². The number of hydrogen-bond donors (Lipinski definition) is 0. The Morgan fingerprint density at radius 1 is 1.19 bits per heavy atom. The Morgan fingerprint density at radius 3 is 2.67 bits per heavy atom. The Morgan fingerprint density at radius 2 is 1.95 bits per heavy atom. The van der Waals surface area contributed by atoms with Crippen molar-refractivity contribution in [3.8, 4) is 5.75 Å². The van der Waals surface area contributed by atoms with Gasteiger partial charge in [-0.25, -0.2) is 8.78 Å². The summed E-state index contributed by atoms with van der Waals surface area (Å²) in [4.78, 5) is -0.173. The molecule has 1 unspecified atom stereocenters. The fourth-order valence-electron chi connectivity index (χ4n) is 2.06. The second kappa shape index (κ2) is 7.36. The predicted molar refractivity (Wildman–Crippen MR) is 87.0 cm³/mol. The van der Waals surface area contributed by atoms with Crippen LogP contribution in [0.4, 0.5) is 8.78 Å². The van der Waals surface area contributed by atoms with Gasteiger partial charge in [0.05, 0.1) is 6.61 Å². The van der Waals surface area contributed by atoms with Crippen LogP contribution in [0.5, 0.6) is 5.75 Å². The second-order valence-corrected chi connectivity index (χ2v) is 6.52. The van der Waals surface area contributed by atoms with Gasteiger partial charge >= 0.3 is 0 Å². The highest BCUT2D eigenvalue weighted by Crippen LogP contribution is 2.36. The maximum absolute atomic E-state index is 13.8. The van der Waals surface area contributed by atoms with Crippen LogP contribution >= 0.6 is 31.9 Å². The molecule has 5 heteroatoms. The van der Waals surface area contributed by atoms with Gasteiger partial charge in [-0.05, 0) is 43.2 Å². The summed E-state index contributed by atoms with van der Waals surface area (Å²) in [7, 11) is 0. The first kappa shape index (κ1) is 16.4. The molecule has 2 aromatic rings. The minimum atomic E-state index is -0.827. The summed E-state index contributed by atoms with van der Waals surface area (Å²) in [6.45, 7) is 2.45. The monoisotopic (exact) mass is 418 g/mol. The van der Waals surface area contributed by atoms with Gasteiger partial charge in [0, 0.05) is 14.9 Å². The van der Waals surface area contributed by atoms with Gasteiger partial charge in [-0.3, -0.25) is 0 Å². The maximum atomic E-state index is 13.8. The second-order valence-electron chi connectivity index (χ2n) is 4.50. The van der Waals surface area contributed by atoms with Crippen LogP contribution in [-0.4, -0.2) is 6.61 Å². The molecule has 2 aromatic carbocycles. The van der Waals surface area contributed by atoms with Crippen molar-refractivity contribution < 1.29 is 13.5 Å². The number of ether oxygens (including phenoxy) is 1. The van der Waals surface area contributed by atoms with Crippen LogP contribution in [0.1, 0.15) is 22.9 Å². The van der Waals surface area contributed by atoms with Gasteiger partial charge in [-0.15, -0.1) is 0 Å². The average Bonchev–Trinajstić information content (AvgIpc) is 2.46. The molecule has 0 aliphatic heterocycles. The van der Waals surface area contributed by atoms with Crippen LogP contribution in [0.15, 0.2) is 40.9 Å². The summed E-state index contributed by atoms with van der Waals surface area (Å²) in [6, 6.07) is 9.88. The lowest BCUT2D eigenvalue weighted by Crippen LogP contribution is -2.03. The van der Waals surface area contributed by atoms with E-state index in [0.29, 0.717) is 18.6 Å². The molecule has 1 nitrogen and oxygen atoms in total. The van der Waals surface area contributed by atoms with Crippen LogP contribution in [0, 0.1) is 11.6 Å². The molecule has 0 aliphatic carbocycles. The summed E-state index contributed by atoms with van der Waals surface area (Å²) in [6.07, 6.45) is 0.333. The van der Waals surface area contributed by atoms with E-state index in [4.69, 9.17) is 4.74 Å². The first-order valence-corrected chi connectivity index (χ1v) is 8.23.